The first-order valence-electron chi connectivity index (χ1n) is 5.69. The van der Waals surface area contributed by atoms with Crippen molar-refractivity contribution < 1.29 is 8.42 Å². The van der Waals surface area contributed by atoms with Gasteiger partial charge in [-0.2, -0.15) is 9.57 Å². The van der Waals surface area contributed by atoms with Gasteiger partial charge in [0.2, 0.25) is 10.0 Å². The zero-order chi connectivity index (χ0) is 13.2. The number of sulfonamides is 1. The lowest BCUT2D eigenvalue weighted by Crippen LogP contribution is -2.38. The third-order valence-electron chi connectivity index (χ3n) is 3.07. The van der Waals surface area contributed by atoms with Gasteiger partial charge in [0.15, 0.2) is 0 Å². The molecule has 18 heavy (non-hydrogen) atoms. The third kappa shape index (κ3) is 2.74. The minimum absolute atomic E-state index is 0.0149. The number of nitriles is 1. The Balaban J connectivity index is 2.20. The lowest BCUT2D eigenvalue weighted by molar-refractivity contribution is 0.310. The number of hydrogen-bond acceptors (Lipinski definition) is 3. The van der Waals surface area contributed by atoms with Crippen LogP contribution in [-0.4, -0.2) is 25.8 Å². The molecule has 1 aromatic rings. The molecule has 0 radical (unpaired) electrons. The molecule has 1 aliphatic rings. The highest BCUT2D eigenvalue weighted by atomic mass is 79.9. The van der Waals surface area contributed by atoms with Gasteiger partial charge in [-0.25, -0.2) is 8.42 Å². The quantitative estimate of drug-likeness (QED) is 0.837. The fourth-order valence-corrected chi connectivity index (χ4v) is 4.07. The predicted octanol–water partition coefficient (Wildman–Crippen LogP) is 2.37. The highest BCUT2D eigenvalue weighted by Crippen LogP contribution is 2.24. The Hall–Kier alpha value is -0.900. The van der Waals surface area contributed by atoms with Crippen molar-refractivity contribution in [2.75, 3.05) is 13.1 Å². The van der Waals surface area contributed by atoms with E-state index in [1.54, 1.807) is 24.3 Å². The monoisotopic (exact) mass is 328 g/mol. The van der Waals surface area contributed by atoms with E-state index < -0.39 is 10.0 Å². The largest absolute Gasteiger partial charge is 0.243 e. The van der Waals surface area contributed by atoms with E-state index in [1.165, 1.54) is 4.31 Å². The van der Waals surface area contributed by atoms with Crippen LogP contribution in [0.3, 0.4) is 0 Å². The lowest BCUT2D eigenvalue weighted by atomic mass is 10.0. The molecule has 0 amide bonds. The Morgan fingerprint density at radius 1 is 1.33 bits per heavy atom. The first-order chi connectivity index (χ1) is 8.54. The molecule has 6 heteroatoms. The van der Waals surface area contributed by atoms with Crippen LogP contribution in [0.2, 0.25) is 0 Å². The molecular weight excluding hydrogens is 316 g/mol. The maximum atomic E-state index is 12.4. The van der Waals surface area contributed by atoms with Crippen molar-refractivity contribution in [2.45, 2.75) is 17.7 Å². The number of piperidine rings is 1. The second-order valence-corrected chi connectivity index (χ2v) is 7.12. The van der Waals surface area contributed by atoms with Crippen LogP contribution in [-0.2, 0) is 10.0 Å². The molecule has 4 nitrogen and oxygen atoms in total. The Labute approximate surface area is 115 Å². The SMILES string of the molecule is N#CC1CCN(S(=O)(=O)c2cccc(Br)c2)CC1. The molecule has 0 N–H and O–H groups in total. The fourth-order valence-electron chi connectivity index (χ4n) is 2.00. The molecule has 0 bridgehead atoms. The molecule has 0 unspecified atom stereocenters. The predicted molar refractivity (Wildman–Crippen MR) is 71.2 cm³/mol. The van der Waals surface area contributed by atoms with Crippen molar-refractivity contribution in [3.8, 4) is 6.07 Å². The van der Waals surface area contributed by atoms with Gasteiger partial charge in [-0.05, 0) is 31.0 Å². The van der Waals surface area contributed by atoms with Crippen molar-refractivity contribution in [3.63, 3.8) is 0 Å². The average molecular weight is 329 g/mol. The van der Waals surface area contributed by atoms with Crippen LogP contribution in [0.25, 0.3) is 0 Å². The molecule has 0 spiro atoms. The molecule has 2 rings (SSSR count). The maximum absolute atomic E-state index is 12.4. The summed E-state index contributed by atoms with van der Waals surface area (Å²) in [5.41, 5.74) is 0. The number of benzene rings is 1. The van der Waals surface area contributed by atoms with Crippen LogP contribution in [0, 0.1) is 17.2 Å². The molecule has 0 saturated carbocycles. The van der Waals surface area contributed by atoms with E-state index in [0.717, 1.165) is 4.47 Å². The van der Waals surface area contributed by atoms with E-state index in [-0.39, 0.29) is 5.92 Å². The molecule has 0 aromatic heterocycles. The number of hydrogen-bond donors (Lipinski definition) is 0. The smallest absolute Gasteiger partial charge is 0.207 e. The minimum atomic E-state index is -3.42. The number of halogens is 1. The second-order valence-electron chi connectivity index (χ2n) is 4.26. The van der Waals surface area contributed by atoms with Gasteiger partial charge in [-0.15, -0.1) is 0 Å². The van der Waals surface area contributed by atoms with Gasteiger partial charge in [-0.1, -0.05) is 22.0 Å². The maximum Gasteiger partial charge on any atom is 0.243 e. The van der Waals surface area contributed by atoms with Crippen molar-refractivity contribution in [1.82, 2.24) is 4.31 Å². The van der Waals surface area contributed by atoms with Crippen LogP contribution in [0.5, 0.6) is 0 Å². The summed E-state index contributed by atoms with van der Waals surface area (Å²) in [6.45, 7) is 0.847. The van der Waals surface area contributed by atoms with Crippen LogP contribution in [0.4, 0.5) is 0 Å². The first-order valence-corrected chi connectivity index (χ1v) is 7.92. The Morgan fingerprint density at radius 3 is 2.56 bits per heavy atom. The van der Waals surface area contributed by atoms with Gasteiger partial charge in [0.1, 0.15) is 0 Å². The summed E-state index contributed by atoms with van der Waals surface area (Å²) in [4.78, 5) is 0.298. The summed E-state index contributed by atoms with van der Waals surface area (Å²) in [6, 6.07) is 8.89. The summed E-state index contributed by atoms with van der Waals surface area (Å²) >= 11 is 3.27. The number of nitrogens with zero attached hydrogens (tertiary/aromatic N) is 2. The van der Waals surface area contributed by atoms with Crippen LogP contribution < -0.4 is 0 Å². The molecular formula is C12H13BrN2O2S. The molecule has 96 valence electrons. The Morgan fingerprint density at radius 2 is 2.00 bits per heavy atom. The second kappa shape index (κ2) is 5.39. The van der Waals surface area contributed by atoms with Crippen molar-refractivity contribution >= 4 is 26.0 Å². The van der Waals surface area contributed by atoms with E-state index >= 15 is 0 Å². The fraction of sp³-hybridized carbons (Fsp3) is 0.417. The van der Waals surface area contributed by atoms with Gasteiger partial charge < -0.3 is 0 Å². The Kier molecular flexibility index (Phi) is 4.05. The summed E-state index contributed by atoms with van der Waals surface area (Å²) in [5.74, 6) is -0.0149. The standard InChI is InChI=1S/C12H13BrN2O2S/c13-11-2-1-3-12(8-11)18(16,17)15-6-4-10(9-14)5-7-15/h1-3,8,10H,4-7H2. The highest BCUT2D eigenvalue weighted by molar-refractivity contribution is 9.10. The van der Waals surface area contributed by atoms with Crippen LogP contribution in [0.1, 0.15) is 12.8 Å². The normalized spacial score (nSPS) is 18.4. The van der Waals surface area contributed by atoms with Gasteiger partial charge >= 0.3 is 0 Å². The zero-order valence-corrected chi connectivity index (χ0v) is 12.1. The van der Waals surface area contributed by atoms with Gasteiger partial charge in [0.25, 0.3) is 0 Å². The molecule has 1 aromatic carbocycles. The molecule has 1 fully saturated rings. The molecule has 0 aliphatic carbocycles. The molecule has 1 aliphatic heterocycles. The summed E-state index contributed by atoms with van der Waals surface area (Å²) in [5, 5.41) is 8.81. The lowest BCUT2D eigenvalue weighted by Gasteiger charge is -2.28. The average Bonchev–Trinajstić information content (AvgIpc) is 2.39. The topological polar surface area (TPSA) is 61.2 Å². The summed E-state index contributed by atoms with van der Waals surface area (Å²) < 4.78 is 26.9. The molecule has 1 saturated heterocycles. The Bertz CT molecular complexity index is 572. The van der Waals surface area contributed by atoms with E-state index in [9.17, 15) is 8.42 Å². The van der Waals surface area contributed by atoms with Crippen molar-refractivity contribution in [2.24, 2.45) is 5.92 Å². The summed E-state index contributed by atoms with van der Waals surface area (Å²) in [7, 11) is -3.42. The van der Waals surface area contributed by atoms with Gasteiger partial charge in [-0.3, -0.25) is 0 Å². The highest BCUT2D eigenvalue weighted by Gasteiger charge is 2.29. The first kappa shape index (κ1) is 13.5. The van der Waals surface area contributed by atoms with Crippen LogP contribution in [0.15, 0.2) is 33.6 Å². The van der Waals surface area contributed by atoms with Crippen molar-refractivity contribution in [1.29, 1.82) is 5.26 Å². The van der Waals surface area contributed by atoms with E-state index in [0.29, 0.717) is 30.8 Å². The van der Waals surface area contributed by atoms with Crippen LogP contribution >= 0.6 is 15.9 Å². The van der Waals surface area contributed by atoms with E-state index in [2.05, 4.69) is 22.0 Å². The number of rotatable bonds is 2. The van der Waals surface area contributed by atoms with Gasteiger partial charge in [0.05, 0.1) is 11.0 Å². The minimum Gasteiger partial charge on any atom is -0.207 e. The van der Waals surface area contributed by atoms with Crippen molar-refractivity contribution in [3.05, 3.63) is 28.7 Å². The summed E-state index contributed by atoms with van der Waals surface area (Å²) in [6.07, 6.45) is 1.23. The van der Waals surface area contributed by atoms with Gasteiger partial charge in [0, 0.05) is 23.5 Å². The molecule has 0 atom stereocenters. The molecule has 1 heterocycles. The zero-order valence-electron chi connectivity index (χ0n) is 9.71. The van der Waals surface area contributed by atoms with E-state index in [4.69, 9.17) is 5.26 Å². The third-order valence-corrected chi connectivity index (χ3v) is 5.46. The van der Waals surface area contributed by atoms with E-state index in [1.807, 2.05) is 0 Å².